The molecule has 2 atom stereocenters. The Labute approximate surface area is 89.4 Å². The van der Waals surface area contributed by atoms with E-state index in [1.165, 1.54) is 6.42 Å². The first kappa shape index (κ1) is 13.9. The van der Waals surface area contributed by atoms with Crippen LogP contribution in [0.4, 0.5) is 0 Å². The molecule has 0 bridgehead atoms. The van der Waals surface area contributed by atoms with E-state index in [0.717, 1.165) is 13.2 Å². The molecule has 0 aliphatic carbocycles. The van der Waals surface area contributed by atoms with Crippen LogP contribution in [-0.4, -0.2) is 25.3 Å². The summed E-state index contributed by atoms with van der Waals surface area (Å²) in [7, 11) is 0. The van der Waals surface area contributed by atoms with Gasteiger partial charge in [-0.15, -0.1) is 0 Å². The lowest BCUT2D eigenvalue weighted by Crippen LogP contribution is -2.49. The highest BCUT2D eigenvalue weighted by Crippen LogP contribution is 2.23. The van der Waals surface area contributed by atoms with Crippen LogP contribution in [0.25, 0.3) is 0 Å². The molecule has 0 aliphatic heterocycles. The van der Waals surface area contributed by atoms with Crippen LogP contribution in [0.2, 0.25) is 0 Å². The zero-order chi connectivity index (χ0) is 11.2. The molecule has 0 aliphatic rings. The average Bonchev–Trinajstić information content (AvgIpc) is 2.03. The standard InChI is InChI=1S/C12H27NO/c1-7-9-13-11(12(4,5)6)10(3)14-8-2/h10-11,13H,7-9H2,1-6H3. The minimum absolute atomic E-state index is 0.254. The second kappa shape index (κ2) is 6.41. The minimum Gasteiger partial charge on any atom is -0.377 e. The van der Waals surface area contributed by atoms with Gasteiger partial charge in [0.15, 0.2) is 0 Å². The Balaban J connectivity index is 4.23. The fraction of sp³-hybridized carbons (Fsp3) is 1.00. The van der Waals surface area contributed by atoms with Crippen LogP contribution < -0.4 is 5.32 Å². The molecular formula is C12H27NO. The first-order chi connectivity index (χ1) is 6.43. The van der Waals surface area contributed by atoms with E-state index in [2.05, 4.69) is 46.9 Å². The summed E-state index contributed by atoms with van der Waals surface area (Å²) in [5, 5.41) is 3.57. The predicted octanol–water partition coefficient (Wildman–Crippen LogP) is 2.83. The third-order valence-corrected chi connectivity index (χ3v) is 2.45. The lowest BCUT2D eigenvalue weighted by Gasteiger charge is -2.36. The van der Waals surface area contributed by atoms with E-state index in [0.29, 0.717) is 6.04 Å². The molecule has 2 heteroatoms. The van der Waals surface area contributed by atoms with Crippen molar-refractivity contribution in [1.29, 1.82) is 0 Å². The van der Waals surface area contributed by atoms with Crippen LogP contribution in [-0.2, 0) is 4.74 Å². The Kier molecular flexibility index (Phi) is 6.38. The molecule has 0 rings (SSSR count). The highest BCUT2D eigenvalue weighted by molar-refractivity contribution is 4.85. The van der Waals surface area contributed by atoms with Gasteiger partial charge in [-0.05, 0) is 32.2 Å². The molecule has 0 aromatic heterocycles. The highest BCUT2D eigenvalue weighted by Gasteiger charge is 2.29. The maximum Gasteiger partial charge on any atom is 0.0704 e. The SMILES string of the molecule is CCCNC(C(C)OCC)C(C)(C)C. The van der Waals surface area contributed by atoms with E-state index in [1.54, 1.807) is 0 Å². The van der Waals surface area contributed by atoms with Crippen molar-refractivity contribution in [2.24, 2.45) is 5.41 Å². The van der Waals surface area contributed by atoms with E-state index in [-0.39, 0.29) is 11.5 Å². The topological polar surface area (TPSA) is 21.3 Å². The number of rotatable bonds is 6. The van der Waals surface area contributed by atoms with Crippen molar-refractivity contribution >= 4 is 0 Å². The summed E-state index contributed by atoms with van der Waals surface area (Å²) >= 11 is 0. The smallest absolute Gasteiger partial charge is 0.0704 e. The summed E-state index contributed by atoms with van der Waals surface area (Å²) in [6.45, 7) is 15.0. The fourth-order valence-corrected chi connectivity index (χ4v) is 1.84. The molecule has 0 aromatic rings. The third-order valence-electron chi connectivity index (χ3n) is 2.45. The van der Waals surface area contributed by atoms with Gasteiger partial charge in [-0.1, -0.05) is 27.7 Å². The molecular weight excluding hydrogens is 174 g/mol. The van der Waals surface area contributed by atoms with Gasteiger partial charge in [-0.3, -0.25) is 0 Å². The van der Waals surface area contributed by atoms with Gasteiger partial charge >= 0.3 is 0 Å². The lowest BCUT2D eigenvalue weighted by atomic mass is 9.83. The van der Waals surface area contributed by atoms with Gasteiger partial charge in [0.1, 0.15) is 0 Å². The maximum absolute atomic E-state index is 5.67. The molecule has 14 heavy (non-hydrogen) atoms. The molecule has 0 heterocycles. The van der Waals surface area contributed by atoms with Crippen LogP contribution in [0.15, 0.2) is 0 Å². The van der Waals surface area contributed by atoms with Gasteiger partial charge in [-0.25, -0.2) is 0 Å². The van der Waals surface area contributed by atoms with E-state index >= 15 is 0 Å². The first-order valence-corrected chi connectivity index (χ1v) is 5.78. The molecule has 0 fully saturated rings. The van der Waals surface area contributed by atoms with Gasteiger partial charge in [0.05, 0.1) is 6.10 Å². The predicted molar refractivity (Wildman–Crippen MR) is 62.6 cm³/mol. The number of hydrogen-bond acceptors (Lipinski definition) is 2. The summed E-state index contributed by atoms with van der Waals surface area (Å²) in [4.78, 5) is 0. The number of nitrogens with one attached hydrogen (secondary N) is 1. The first-order valence-electron chi connectivity index (χ1n) is 5.78. The fourth-order valence-electron chi connectivity index (χ4n) is 1.84. The van der Waals surface area contributed by atoms with Gasteiger partial charge in [-0.2, -0.15) is 0 Å². The summed E-state index contributed by atoms with van der Waals surface area (Å²) in [5.41, 5.74) is 0.254. The molecule has 2 nitrogen and oxygen atoms in total. The summed E-state index contributed by atoms with van der Waals surface area (Å²) in [6.07, 6.45) is 1.46. The molecule has 0 saturated heterocycles. The van der Waals surface area contributed by atoms with Crippen LogP contribution in [0.5, 0.6) is 0 Å². The van der Waals surface area contributed by atoms with Crippen LogP contribution in [0, 0.1) is 5.41 Å². The van der Waals surface area contributed by atoms with Crippen molar-refractivity contribution in [3.8, 4) is 0 Å². The minimum atomic E-state index is 0.254. The molecule has 0 radical (unpaired) electrons. The van der Waals surface area contributed by atoms with Gasteiger partial charge < -0.3 is 10.1 Å². The largest absolute Gasteiger partial charge is 0.377 e. The Hall–Kier alpha value is -0.0800. The molecule has 0 saturated carbocycles. The van der Waals surface area contributed by atoms with Crippen LogP contribution >= 0.6 is 0 Å². The summed E-state index contributed by atoms with van der Waals surface area (Å²) < 4.78 is 5.67. The van der Waals surface area contributed by atoms with Crippen molar-refractivity contribution < 1.29 is 4.74 Å². The molecule has 2 unspecified atom stereocenters. The van der Waals surface area contributed by atoms with E-state index < -0.39 is 0 Å². The van der Waals surface area contributed by atoms with E-state index in [1.807, 2.05) is 0 Å². The molecule has 1 N–H and O–H groups in total. The number of hydrogen-bond donors (Lipinski definition) is 1. The normalized spacial score (nSPS) is 16.7. The summed E-state index contributed by atoms with van der Waals surface area (Å²) in [6, 6.07) is 0.433. The van der Waals surface area contributed by atoms with Crippen molar-refractivity contribution in [2.75, 3.05) is 13.2 Å². The number of ether oxygens (including phenoxy) is 1. The van der Waals surface area contributed by atoms with Gasteiger partial charge in [0.2, 0.25) is 0 Å². The van der Waals surface area contributed by atoms with Crippen LogP contribution in [0.3, 0.4) is 0 Å². The van der Waals surface area contributed by atoms with E-state index in [4.69, 9.17) is 4.74 Å². The Morgan fingerprint density at radius 2 is 1.79 bits per heavy atom. The molecule has 86 valence electrons. The Bertz CT molecular complexity index is 140. The van der Waals surface area contributed by atoms with Gasteiger partial charge in [0, 0.05) is 12.6 Å². The lowest BCUT2D eigenvalue weighted by molar-refractivity contribution is 0.0147. The average molecular weight is 201 g/mol. The van der Waals surface area contributed by atoms with Crippen molar-refractivity contribution in [1.82, 2.24) is 5.32 Å². The molecule has 0 amide bonds. The highest BCUT2D eigenvalue weighted by atomic mass is 16.5. The third kappa shape index (κ3) is 4.97. The second-order valence-corrected chi connectivity index (χ2v) is 4.96. The maximum atomic E-state index is 5.67. The quantitative estimate of drug-likeness (QED) is 0.713. The zero-order valence-corrected chi connectivity index (χ0v) is 10.7. The van der Waals surface area contributed by atoms with Gasteiger partial charge in [0.25, 0.3) is 0 Å². The van der Waals surface area contributed by atoms with Crippen molar-refractivity contribution in [3.63, 3.8) is 0 Å². The molecule has 0 spiro atoms. The van der Waals surface area contributed by atoms with Crippen molar-refractivity contribution in [2.45, 2.75) is 60.1 Å². The Morgan fingerprint density at radius 3 is 2.14 bits per heavy atom. The Morgan fingerprint density at radius 1 is 1.21 bits per heavy atom. The summed E-state index contributed by atoms with van der Waals surface area (Å²) in [5.74, 6) is 0. The zero-order valence-electron chi connectivity index (χ0n) is 10.7. The van der Waals surface area contributed by atoms with E-state index in [9.17, 15) is 0 Å². The van der Waals surface area contributed by atoms with Crippen LogP contribution in [0.1, 0.15) is 48.0 Å². The van der Waals surface area contributed by atoms with Crippen molar-refractivity contribution in [3.05, 3.63) is 0 Å². The monoisotopic (exact) mass is 201 g/mol. The molecule has 0 aromatic carbocycles. The second-order valence-electron chi connectivity index (χ2n) is 4.96.